The Hall–Kier alpha value is -2.80. The van der Waals surface area contributed by atoms with E-state index in [1.54, 1.807) is 31.2 Å². The maximum Gasteiger partial charge on any atom is 0.251 e. The van der Waals surface area contributed by atoms with Crippen LogP contribution in [0.25, 0.3) is 0 Å². The summed E-state index contributed by atoms with van der Waals surface area (Å²) >= 11 is 0. The van der Waals surface area contributed by atoms with Crippen LogP contribution in [0.1, 0.15) is 35.8 Å². The molecule has 26 heavy (non-hydrogen) atoms. The van der Waals surface area contributed by atoms with Gasteiger partial charge in [0.05, 0.1) is 6.54 Å². The van der Waals surface area contributed by atoms with Gasteiger partial charge in [0, 0.05) is 35.5 Å². The van der Waals surface area contributed by atoms with Crippen molar-refractivity contribution >= 4 is 17.5 Å². The molecule has 2 amide bonds. The second-order valence-electron chi connectivity index (χ2n) is 5.76. The van der Waals surface area contributed by atoms with Gasteiger partial charge in [-0.15, -0.1) is 0 Å². The van der Waals surface area contributed by atoms with Crippen LogP contribution in [0.2, 0.25) is 0 Å². The van der Waals surface area contributed by atoms with Crippen LogP contribution in [-0.2, 0) is 4.79 Å². The van der Waals surface area contributed by atoms with E-state index in [1.165, 1.54) is 12.1 Å². The van der Waals surface area contributed by atoms with Gasteiger partial charge in [0.2, 0.25) is 5.91 Å². The minimum Gasteiger partial charge on any atom is -0.352 e. The van der Waals surface area contributed by atoms with Crippen LogP contribution in [-0.4, -0.2) is 24.9 Å². The Balaban J connectivity index is 1.92. The Kier molecular flexibility index (Phi) is 6.80. The Morgan fingerprint density at radius 2 is 1.88 bits per heavy atom. The van der Waals surface area contributed by atoms with E-state index in [0.717, 1.165) is 6.07 Å². The van der Waals surface area contributed by atoms with Crippen LogP contribution in [0.4, 0.5) is 14.5 Å². The van der Waals surface area contributed by atoms with Gasteiger partial charge in [-0.3, -0.25) is 9.59 Å². The highest BCUT2D eigenvalue weighted by Crippen LogP contribution is 2.17. The van der Waals surface area contributed by atoms with Gasteiger partial charge >= 0.3 is 0 Å². The summed E-state index contributed by atoms with van der Waals surface area (Å²) in [7, 11) is 0. The highest BCUT2D eigenvalue weighted by Gasteiger charge is 2.13. The first kappa shape index (κ1) is 19.5. The zero-order valence-corrected chi connectivity index (χ0v) is 14.6. The number of benzene rings is 2. The van der Waals surface area contributed by atoms with Crippen LogP contribution >= 0.6 is 0 Å². The lowest BCUT2D eigenvalue weighted by atomic mass is 10.1. The highest BCUT2D eigenvalue weighted by atomic mass is 19.1. The van der Waals surface area contributed by atoms with Gasteiger partial charge in [-0.2, -0.15) is 0 Å². The number of halogens is 2. The molecule has 0 heterocycles. The molecule has 0 radical (unpaired) electrons. The number of hydrogen-bond acceptors (Lipinski definition) is 3. The maximum atomic E-state index is 13.7. The van der Waals surface area contributed by atoms with Gasteiger partial charge < -0.3 is 16.0 Å². The predicted molar refractivity (Wildman–Crippen MR) is 95.9 cm³/mol. The number of carbonyl (C=O) groups excluding carboxylic acids is 2. The van der Waals surface area contributed by atoms with Crippen molar-refractivity contribution in [2.24, 2.45) is 0 Å². The average molecular weight is 361 g/mol. The fourth-order valence-corrected chi connectivity index (χ4v) is 2.41. The number of nitrogens with one attached hydrogen (secondary N) is 3. The minimum absolute atomic E-state index is 0.0661. The third-order valence-corrected chi connectivity index (χ3v) is 3.74. The second-order valence-corrected chi connectivity index (χ2v) is 5.76. The Bertz CT molecular complexity index is 796. The van der Waals surface area contributed by atoms with Crippen molar-refractivity contribution in [2.45, 2.75) is 19.9 Å². The summed E-state index contributed by atoms with van der Waals surface area (Å²) in [6, 6.07) is 9.42. The molecule has 5 nitrogen and oxygen atoms in total. The molecule has 2 rings (SSSR count). The molecule has 138 valence electrons. The van der Waals surface area contributed by atoms with Crippen molar-refractivity contribution < 1.29 is 18.4 Å². The monoisotopic (exact) mass is 361 g/mol. The standard InChI is InChI=1S/C19H21F2N3O2/c1-3-22-19(26)13-5-4-6-15(9-13)24-18(25)11-23-12(2)16-8-7-14(20)10-17(16)21/h4-10,12,23H,3,11H2,1-2H3,(H,22,26)(H,24,25)/t12-/m0/s1. The smallest absolute Gasteiger partial charge is 0.251 e. The first-order valence-electron chi connectivity index (χ1n) is 8.27. The van der Waals surface area contributed by atoms with Crippen LogP contribution in [0, 0.1) is 11.6 Å². The summed E-state index contributed by atoms with van der Waals surface area (Å²) in [6.07, 6.45) is 0. The summed E-state index contributed by atoms with van der Waals surface area (Å²) in [4.78, 5) is 23.9. The Labute approximate surface area is 150 Å². The molecule has 0 saturated heterocycles. The van der Waals surface area contributed by atoms with E-state index in [9.17, 15) is 18.4 Å². The van der Waals surface area contributed by atoms with E-state index in [4.69, 9.17) is 0 Å². The molecule has 1 atom stereocenters. The van der Waals surface area contributed by atoms with Crippen molar-refractivity contribution in [3.8, 4) is 0 Å². The molecular weight excluding hydrogens is 340 g/mol. The predicted octanol–water partition coefficient (Wildman–Crippen LogP) is 3.00. The molecule has 0 fully saturated rings. The van der Waals surface area contributed by atoms with Crippen molar-refractivity contribution in [2.75, 3.05) is 18.4 Å². The number of anilines is 1. The fourth-order valence-electron chi connectivity index (χ4n) is 2.41. The molecular formula is C19H21F2N3O2. The van der Waals surface area contributed by atoms with Crippen LogP contribution in [0.15, 0.2) is 42.5 Å². The number of hydrogen-bond donors (Lipinski definition) is 3. The largest absolute Gasteiger partial charge is 0.352 e. The highest BCUT2D eigenvalue weighted by molar-refractivity contribution is 5.97. The van der Waals surface area contributed by atoms with E-state index in [2.05, 4.69) is 16.0 Å². The van der Waals surface area contributed by atoms with E-state index in [-0.39, 0.29) is 23.9 Å². The molecule has 7 heteroatoms. The zero-order valence-electron chi connectivity index (χ0n) is 14.6. The lowest BCUT2D eigenvalue weighted by Gasteiger charge is -2.15. The van der Waals surface area contributed by atoms with E-state index in [0.29, 0.717) is 17.8 Å². The van der Waals surface area contributed by atoms with E-state index in [1.807, 2.05) is 6.92 Å². The van der Waals surface area contributed by atoms with Crippen molar-refractivity contribution in [3.05, 3.63) is 65.2 Å². The molecule has 0 unspecified atom stereocenters. The van der Waals surface area contributed by atoms with E-state index < -0.39 is 17.7 Å². The quantitative estimate of drug-likeness (QED) is 0.710. The maximum absolute atomic E-state index is 13.7. The van der Waals surface area contributed by atoms with Gasteiger partial charge in [0.25, 0.3) is 5.91 Å². The Morgan fingerprint density at radius 1 is 1.12 bits per heavy atom. The number of rotatable bonds is 7. The molecule has 0 spiro atoms. The third kappa shape index (κ3) is 5.35. The lowest BCUT2D eigenvalue weighted by molar-refractivity contribution is -0.115. The summed E-state index contributed by atoms with van der Waals surface area (Å²) < 4.78 is 26.7. The van der Waals surface area contributed by atoms with Crippen molar-refractivity contribution in [3.63, 3.8) is 0 Å². The molecule has 0 saturated carbocycles. The summed E-state index contributed by atoms with van der Waals surface area (Å²) in [5.74, 6) is -1.88. The molecule has 0 aliphatic heterocycles. The molecule has 3 N–H and O–H groups in total. The number of carbonyl (C=O) groups is 2. The first-order chi connectivity index (χ1) is 12.4. The van der Waals surface area contributed by atoms with Gasteiger partial charge in [-0.1, -0.05) is 12.1 Å². The normalized spacial score (nSPS) is 11.7. The van der Waals surface area contributed by atoms with Gasteiger partial charge in [-0.05, 0) is 38.1 Å². The molecule has 0 aromatic heterocycles. The van der Waals surface area contributed by atoms with Gasteiger partial charge in [0.1, 0.15) is 11.6 Å². The molecule has 0 aliphatic carbocycles. The topological polar surface area (TPSA) is 70.2 Å². The van der Waals surface area contributed by atoms with E-state index >= 15 is 0 Å². The zero-order chi connectivity index (χ0) is 19.1. The molecule has 0 bridgehead atoms. The SMILES string of the molecule is CCNC(=O)c1cccc(NC(=O)CN[C@@H](C)c2ccc(F)cc2F)c1. The van der Waals surface area contributed by atoms with Crippen LogP contribution < -0.4 is 16.0 Å². The molecule has 2 aromatic carbocycles. The first-order valence-corrected chi connectivity index (χ1v) is 8.27. The fraction of sp³-hybridized carbons (Fsp3) is 0.263. The van der Waals surface area contributed by atoms with Crippen molar-refractivity contribution in [1.29, 1.82) is 0 Å². The summed E-state index contributed by atoms with van der Waals surface area (Å²) in [6.45, 7) is 3.94. The second kappa shape index (κ2) is 9.05. The minimum atomic E-state index is -0.667. The molecule has 0 aliphatic rings. The average Bonchev–Trinajstić information content (AvgIpc) is 2.60. The summed E-state index contributed by atoms with van der Waals surface area (Å²) in [5.41, 5.74) is 1.21. The van der Waals surface area contributed by atoms with Gasteiger partial charge in [0.15, 0.2) is 0 Å². The molecule has 2 aromatic rings. The van der Waals surface area contributed by atoms with Gasteiger partial charge in [-0.25, -0.2) is 8.78 Å². The third-order valence-electron chi connectivity index (χ3n) is 3.74. The van der Waals surface area contributed by atoms with Crippen molar-refractivity contribution in [1.82, 2.24) is 10.6 Å². The van der Waals surface area contributed by atoms with Crippen LogP contribution in [0.3, 0.4) is 0 Å². The summed E-state index contributed by atoms with van der Waals surface area (Å²) in [5, 5.41) is 8.24. The van der Waals surface area contributed by atoms with Crippen LogP contribution in [0.5, 0.6) is 0 Å². The Morgan fingerprint density at radius 3 is 2.58 bits per heavy atom. The number of amides is 2. The lowest BCUT2D eigenvalue weighted by Crippen LogP contribution is -2.30.